The van der Waals surface area contributed by atoms with Crippen LogP contribution in [-0.4, -0.2) is 41.4 Å². The molecule has 1 aromatic carbocycles. The zero-order valence-corrected chi connectivity index (χ0v) is 15.4. The monoisotopic (exact) mass is 350 g/mol. The molecule has 0 aliphatic carbocycles. The number of hydrogen-bond donors (Lipinski definition) is 0. The topological polar surface area (TPSA) is 89.8 Å². The number of hydrogen-bond acceptors (Lipinski definition) is 5. The summed E-state index contributed by atoms with van der Waals surface area (Å²) < 4.78 is 5.09. The number of nitro benzene ring substituents is 1. The van der Waals surface area contributed by atoms with Crippen LogP contribution in [0, 0.1) is 28.9 Å². The van der Waals surface area contributed by atoms with Gasteiger partial charge < -0.3 is 9.64 Å². The first-order valence-corrected chi connectivity index (χ1v) is 8.31. The molecular weight excluding hydrogens is 324 g/mol. The third-order valence-electron chi connectivity index (χ3n) is 3.48. The van der Waals surface area contributed by atoms with Gasteiger partial charge in [-0.1, -0.05) is 27.7 Å². The third kappa shape index (κ3) is 6.52. The number of benzene rings is 1. The van der Waals surface area contributed by atoms with Gasteiger partial charge in [0.15, 0.2) is 6.61 Å². The second-order valence-electron chi connectivity index (χ2n) is 6.92. The minimum atomic E-state index is -0.666. The van der Waals surface area contributed by atoms with Gasteiger partial charge in [-0.3, -0.25) is 14.9 Å². The van der Waals surface area contributed by atoms with Crippen molar-refractivity contribution < 1.29 is 19.2 Å². The predicted octanol–water partition coefficient (Wildman–Crippen LogP) is 3.20. The van der Waals surface area contributed by atoms with Gasteiger partial charge in [-0.25, -0.2) is 4.79 Å². The second-order valence-corrected chi connectivity index (χ2v) is 6.92. The van der Waals surface area contributed by atoms with Crippen LogP contribution in [0.1, 0.15) is 43.6 Å². The van der Waals surface area contributed by atoms with Crippen LogP contribution in [-0.2, 0) is 9.53 Å². The van der Waals surface area contributed by atoms with Gasteiger partial charge >= 0.3 is 5.97 Å². The molecule has 0 saturated heterocycles. The van der Waals surface area contributed by atoms with Crippen molar-refractivity contribution in [1.82, 2.24) is 4.90 Å². The standard InChI is InChI=1S/C18H26N2O5/c1-12(2)9-19(10-13(3)4)17(21)11-25-18(22)15-6-7-16(20(23)24)14(5)8-15/h6-8,12-13H,9-11H2,1-5H3. The van der Waals surface area contributed by atoms with Crippen LogP contribution in [0.3, 0.4) is 0 Å². The fourth-order valence-corrected chi connectivity index (χ4v) is 2.45. The highest BCUT2D eigenvalue weighted by Gasteiger charge is 2.19. The SMILES string of the molecule is Cc1cc(C(=O)OCC(=O)N(CC(C)C)CC(C)C)ccc1[N+](=O)[O-]. The average Bonchev–Trinajstić information content (AvgIpc) is 2.50. The van der Waals surface area contributed by atoms with Gasteiger partial charge in [0.25, 0.3) is 11.6 Å². The lowest BCUT2D eigenvalue weighted by Crippen LogP contribution is -2.39. The van der Waals surface area contributed by atoms with Crippen LogP contribution in [0.4, 0.5) is 5.69 Å². The fraction of sp³-hybridized carbons (Fsp3) is 0.556. The van der Waals surface area contributed by atoms with E-state index in [1.165, 1.54) is 18.2 Å². The highest BCUT2D eigenvalue weighted by Crippen LogP contribution is 2.19. The van der Waals surface area contributed by atoms with Crippen LogP contribution in [0.25, 0.3) is 0 Å². The molecule has 0 unspecified atom stereocenters. The second kappa shape index (κ2) is 9.15. The van der Waals surface area contributed by atoms with E-state index >= 15 is 0 Å². The van der Waals surface area contributed by atoms with Gasteiger partial charge in [-0.2, -0.15) is 0 Å². The molecule has 0 N–H and O–H groups in total. The summed E-state index contributed by atoms with van der Waals surface area (Å²) in [5.74, 6) is -0.277. The Hall–Kier alpha value is -2.44. The first-order valence-electron chi connectivity index (χ1n) is 8.31. The molecule has 7 heteroatoms. The van der Waals surface area contributed by atoms with Gasteiger partial charge in [0, 0.05) is 24.7 Å². The summed E-state index contributed by atoms with van der Waals surface area (Å²) in [7, 11) is 0. The first-order chi connectivity index (χ1) is 11.6. The van der Waals surface area contributed by atoms with Crippen molar-refractivity contribution in [3.8, 4) is 0 Å². The highest BCUT2D eigenvalue weighted by atomic mass is 16.6. The molecule has 25 heavy (non-hydrogen) atoms. The zero-order valence-electron chi connectivity index (χ0n) is 15.4. The molecule has 0 fully saturated rings. The Morgan fingerprint density at radius 3 is 2.16 bits per heavy atom. The lowest BCUT2D eigenvalue weighted by Gasteiger charge is -2.26. The van der Waals surface area contributed by atoms with Crippen LogP contribution in [0.2, 0.25) is 0 Å². The van der Waals surface area contributed by atoms with E-state index in [2.05, 4.69) is 0 Å². The minimum Gasteiger partial charge on any atom is -0.452 e. The summed E-state index contributed by atoms with van der Waals surface area (Å²) in [6, 6.07) is 3.99. The van der Waals surface area contributed by atoms with E-state index in [0.717, 1.165) is 0 Å². The molecule has 0 heterocycles. The van der Waals surface area contributed by atoms with Crippen molar-refractivity contribution in [3.63, 3.8) is 0 Å². The molecule has 0 atom stereocenters. The van der Waals surface area contributed by atoms with Gasteiger partial charge in [-0.05, 0) is 30.9 Å². The number of aryl methyl sites for hydroxylation is 1. The number of carbonyl (C=O) groups is 2. The lowest BCUT2D eigenvalue weighted by molar-refractivity contribution is -0.385. The van der Waals surface area contributed by atoms with Gasteiger partial charge in [0.05, 0.1) is 10.5 Å². The van der Waals surface area contributed by atoms with Crippen molar-refractivity contribution >= 4 is 17.6 Å². The normalized spacial score (nSPS) is 10.8. The van der Waals surface area contributed by atoms with Crippen LogP contribution in [0.5, 0.6) is 0 Å². The number of ether oxygens (including phenoxy) is 1. The Morgan fingerprint density at radius 1 is 1.16 bits per heavy atom. The largest absolute Gasteiger partial charge is 0.452 e. The lowest BCUT2D eigenvalue weighted by atomic mass is 10.1. The van der Waals surface area contributed by atoms with Crippen molar-refractivity contribution in [2.24, 2.45) is 11.8 Å². The van der Waals surface area contributed by atoms with Gasteiger partial charge in [-0.15, -0.1) is 0 Å². The van der Waals surface area contributed by atoms with Gasteiger partial charge in [0.1, 0.15) is 0 Å². The maximum absolute atomic E-state index is 12.3. The molecule has 0 spiro atoms. The Kier molecular flexibility index (Phi) is 7.54. The van der Waals surface area contributed by atoms with E-state index in [1.54, 1.807) is 11.8 Å². The van der Waals surface area contributed by atoms with E-state index in [9.17, 15) is 19.7 Å². The van der Waals surface area contributed by atoms with Gasteiger partial charge in [0.2, 0.25) is 0 Å². The van der Waals surface area contributed by atoms with E-state index in [0.29, 0.717) is 30.5 Å². The number of carbonyl (C=O) groups excluding carboxylic acids is 2. The molecule has 0 radical (unpaired) electrons. The predicted molar refractivity (Wildman–Crippen MR) is 94.4 cm³/mol. The summed E-state index contributed by atoms with van der Waals surface area (Å²) in [6.45, 7) is 10.5. The maximum atomic E-state index is 12.3. The molecule has 1 rings (SSSR count). The summed E-state index contributed by atoms with van der Waals surface area (Å²) in [6.07, 6.45) is 0. The van der Waals surface area contributed by atoms with E-state index < -0.39 is 10.9 Å². The number of nitrogens with zero attached hydrogens (tertiary/aromatic N) is 2. The third-order valence-corrected chi connectivity index (χ3v) is 3.48. The Bertz CT molecular complexity index is 630. The van der Waals surface area contributed by atoms with Crippen LogP contribution < -0.4 is 0 Å². The first kappa shape index (κ1) is 20.6. The highest BCUT2D eigenvalue weighted by molar-refractivity contribution is 5.91. The smallest absolute Gasteiger partial charge is 0.338 e. The summed E-state index contributed by atoms with van der Waals surface area (Å²) in [5.41, 5.74) is 0.495. The van der Waals surface area contributed by atoms with Crippen LogP contribution >= 0.6 is 0 Å². The quantitative estimate of drug-likeness (QED) is 0.408. The summed E-state index contributed by atoms with van der Waals surface area (Å²) in [5, 5.41) is 10.8. The van der Waals surface area contributed by atoms with Crippen molar-refractivity contribution in [1.29, 1.82) is 0 Å². The van der Waals surface area contributed by atoms with Crippen molar-refractivity contribution in [2.45, 2.75) is 34.6 Å². The van der Waals surface area contributed by atoms with Crippen molar-refractivity contribution in [3.05, 3.63) is 39.4 Å². The van der Waals surface area contributed by atoms with E-state index in [1.807, 2.05) is 27.7 Å². The molecule has 0 bridgehead atoms. The minimum absolute atomic E-state index is 0.0623. The molecule has 1 aromatic rings. The number of rotatable bonds is 8. The Labute approximate surface area is 148 Å². The Balaban J connectivity index is 2.72. The molecule has 0 saturated carbocycles. The molecule has 0 aliphatic heterocycles. The number of amides is 1. The molecule has 0 aliphatic rings. The van der Waals surface area contributed by atoms with E-state index in [-0.39, 0.29) is 23.8 Å². The zero-order chi connectivity index (χ0) is 19.1. The molecular formula is C18H26N2O5. The van der Waals surface area contributed by atoms with E-state index in [4.69, 9.17) is 4.74 Å². The van der Waals surface area contributed by atoms with Crippen LogP contribution in [0.15, 0.2) is 18.2 Å². The maximum Gasteiger partial charge on any atom is 0.338 e. The number of nitro groups is 1. The molecule has 7 nitrogen and oxygen atoms in total. The fourth-order valence-electron chi connectivity index (χ4n) is 2.45. The van der Waals surface area contributed by atoms with Crippen molar-refractivity contribution in [2.75, 3.05) is 19.7 Å². The Morgan fingerprint density at radius 2 is 1.72 bits per heavy atom. The summed E-state index contributed by atoms with van der Waals surface area (Å²) in [4.78, 5) is 36.4. The average molecular weight is 350 g/mol. The number of esters is 1. The molecule has 138 valence electrons. The molecule has 1 amide bonds. The molecule has 0 aromatic heterocycles. The summed E-state index contributed by atoms with van der Waals surface area (Å²) >= 11 is 0.